The number of hydrogen-bond acceptors (Lipinski definition) is 2. The highest BCUT2D eigenvalue weighted by Gasteiger charge is 2.13. The molecule has 2 unspecified atom stereocenters. The van der Waals surface area contributed by atoms with Crippen LogP contribution in [-0.2, 0) is 0 Å². The normalized spacial score (nSPS) is 15.1. The van der Waals surface area contributed by atoms with Crippen molar-refractivity contribution in [2.45, 2.75) is 19.4 Å². The van der Waals surface area contributed by atoms with Crippen LogP contribution < -0.4 is 11.5 Å². The lowest BCUT2D eigenvalue weighted by Crippen LogP contribution is -2.20. The van der Waals surface area contributed by atoms with E-state index in [0.29, 0.717) is 18.0 Å². The molecule has 0 amide bonds. The van der Waals surface area contributed by atoms with Crippen molar-refractivity contribution < 1.29 is 4.39 Å². The molecule has 0 aliphatic heterocycles. The van der Waals surface area contributed by atoms with E-state index in [9.17, 15) is 4.39 Å². The molecular formula is C11H17FN2. The second kappa shape index (κ2) is 5.08. The molecule has 14 heavy (non-hydrogen) atoms. The summed E-state index contributed by atoms with van der Waals surface area (Å²) in [6, 6.07) is 6.37. The Morgan fingerprint density at radius 2 is 2.00 bits per heavy atom. The van der Waals surface area contributed by atoms with Gasteiger partial charge in [0, 0.05) is 11.6 Å². The van der Waals surface area contributed by atoms with Gasteiger partial charge in [-0.25, -0.2) is 4.39 Å². The van der Waals surface area contributed by atoms with E-state index in [1.165, 1.54) is 6.07 Å². The van der Waals surface area contributed by atoms with Crippen molar-refractivity contribution in [3.05, 3.63) is 35.6 Å². The van der Waals surface area contributed by atoms with Gasteiger partial charge in [-0.3, -0.25) is 0 Å². The van der Waals surface area contributed by atoms with Gasteiger partial charge in [0.25, 0.3) is 0 Å². The smallest absolute Gasteiger partial charge is 0.127 e. The quantitative estimate of drug-likeness (QED) is 0.771. The van der Waals surface area contributed by atoms with E-state index < -0.39 is 0 Å². The topological polar surface area (TPSA) is 52.0 Å². The largest absolute Gasteiger partial charge is 0.330 e. The number of rotatable bonds is 4. The van der Waals surface area contributed by atoms with Crippen molar-refractivity contribution in [2.24, 2.45) is 17.4 Å². The zero-order valence-electron chi connectivity index (χ0n) is 8.41. The lowest BCUT2D eigenvalue weighted by molar-refractivity contribution is 0.467. The molecule has 0 fully saturated rings. The molecule has 0 aliphatic carbocycles. The average Bonchev–Trinajstić information content (AvgIpc) is 2.18. The van der Waals surface area contributed by atoms with Gasteiger partial charge in [0.15, 0.2) is 0 Å². The summed E-state index contributed by atoms with van der Waals surface area (Å²) < 4.78 is 13.3. The highest BCUT2D eigenvalue weighted by molar-refractivity contribution is 5.20. The minimum atomic E-state index is -0.255. The standard InChI is InChI=1S/C11H17FN2/c1-8(7-13)6-11(14)9-4-2-3-5-10(9)12/h2-5,8,11H,6-7,13-14H2,1H3. The van der Waals surface area contributed by atoms with Crippen LogP contribution in [0.25, 0.3) is 0 Å². The lowest BCUT2D eigenvalue weighted by atomic mass is 9.96. The Hall–Kier alpha value is -0.930. The summed E-state index contributed by atoms with van der Waals surface area (Å²) in [5.41, 5.74) is 11.9. The molecule has 0 bridgehead atoms. The highest BCUT2D eigenvalue weighted by Crippen LogP contribution is 2.20. The molecule has 3 heteroatoms. The first kappa shape index (κ1) is 11.1. The Bertz CT molecular complexity index is 288. The molecule has 0 saturated heterocycles. The maximum absolute atomic E-state index is 13.3. The second-order valence-corrected chi connectivity index (χ2v) is 3.70. The zero-order chi connectivity index (χ0) is 10.6. The van der Waals surface area contributed by atoms with E-state index in [2.05, 4.69) is 0 Å². The first-order valence-electron chi connectivity index (χ1n) is 4.85. The third-order valence-corrected chi connectivity index (χ3v) is 2.36. The summed E-state index contributed by atoms with van der Waals surface area (Å²) in [5.74, 6) is 0.0915. The van der Waals surface area contributed by atoms with Gasteiger partial charge in [-0.1, -0.05) is 25.1 Å². The third kappa shape index (κ3) is 2.79. The van der Waals surface area contributed by atoms with Gasteiger partial charge in [-0.05, 0) is 24.9 Å². The average molecular weight is 196 g/mol. The van der Waals surface area contributed by atoms with Gasteiger partial charge in [0.1, 0.15) is 5.82 Å². The first-order chi connectivity index (χ1) is 6.65. The van der Waals surface area contributed by atoms with Crippen LogP contribution in [0.15, 0.2) is 24.3 Å². The summed E-state index contributed by atoms with van der Waals surface area (Å²) in [6.07, 6.45) is 0.720. The van der Waals surface area contributed by atoms with E-state index in [-0.39, 0.29) is 11.9 Å². The monoisotopic (exact) mass is 196 g/mol. The number of halogens is 1. The molecule has 0 aromatic heterocycles. The van der Waals surface area contributed by atoms with Crippen molar-refractivity contribution >= 4 is 0 Å². The van der Waals surface area contributed by atoms with Crippen molar-refractivity contribution in [1.29, 1.82) is 0 Å². The maximum atomic E-state index is 13.3. The van der Waals surface area contributed by atoms with Crippen LogP contribution in [0, 0.1) is 11.7 Å². The van der Waals surface area contributed by atoms with Gasteiger partial charge >= 0.3 is 0 Å². The minimum absolute atomic E-state index is 0.232. The summed E-state index contributed by atoms with van der Waals surface area (Å²) in [5, 5.41) is 0. The fraction of sp³-hybridized carbons (Fsp3) is 0.455. The molecule has 0 heterocycles. The van der Waals surface area contributed by atoms with Crippen LogP contribution in [0.5, 0.6) is 0 Å². The minimum Gasteiger partial charge on any atom is -0.330 e. The fourth-order valence-corrected chi connectivity index (χ4v) is 1.43. The van der Waals surface area contributed by atoms with Crippen LogP contribution in [0.4, 0.5) is 4.39 Å². The summed E-state index contributed by atoms with van der Waals surface area (Å²) in [4.78, 5) is 0. The van der Waals surface area contributed by atoms with Crippen LogP contribution in [-0.4, -0.2) is 6.54 Å². The summed E-state index contributed by atoms with van der Waals surface area (Å²) in [6.45, 7) is 2.60. The van der Waals surface area contributed by atoms with Crippen LogP contribution in [0.1, 0.15) is 24.9 Å². The van der Waals surface area contributed by atoms with Crippen molar-refractivity contribution in [1.82, 2.24) is 0 Å². The first-order valence-corrected chi connectivity index (χ1v) is 4.85. The van der Waals surface area contributed by atoms with Crippen molar-refractivity contribution in [3.8, 4) is 0 Å². The Morgan fingerprint density at radius 1 is 1.36 bits per heavy atom. The highest BCUT2D eigenvalue weighted by atomic mass is 19.1. The molecule has 78 valence electrons. The predicted molar refractivity (Wildman–Crippen MR) is 56.2 cm³/mol. The molecule has 4 N–H and O–H groups in total. The summed E-state index contributed by atoms with van der Waals surface area (Å²) in [7, 11) is 0. The van der Waals surface area contributed by atoms with Crippen molar-refractivity contribution in [3.63, 3.8) is 0 Å². The van der Waals surface area contributed by atoms with Gasteiger partial charge in [-0.2, -0.15) is 0 Å². The molecule has 0 spiro atoms. The fourth-order valence-electron chi connectivity index (χ4n) is 1.43. The van der Waals surface area contributed by atoms with Gasteiger partial charge in [0.2, 0.25) is 0 Å². The molecule has 2 atom stereocenters. The van der Waals surface area contributed by atoms with Crippen molar-refractivity contribution in [2.75, 3.05) is 6.54 Å². The van der Waals surface area contributed by atoms with Crippen LogP contribution in [0.2, 0.25) is 0 Å². The van der Waals surface area contributed by atoms with Crippen LogP contribution >= 0.6 is 0 Å². The molecule has 0 aliphatic rings. The molecule has 1 rings (SSSR count). The number of nitrogens with two attached hydrogens (primary N) is 2. The molecule has 2 nitrogen and oxygen atoms in total. The van der Waals surface area contributed by atoms with Gasteiger partial charge in [-0.15, -0.1) is 0 Å². The number of hydrogen-bond donors (Lipinski definition) is 2. The number of benzene rings is 1. The zero-order valence-corrected chi connectivity index (χ0v) is 8.41. The Balaban J connectivity index is 2.69. The molecule has 0 saturated carbocycles. The molecule has 0 radical (unpaired) electrons. The van der Waals surface area contributed by atoms with E-state index in [1.807, 2.05) is 6.92 Å². The third-order valence-electron chi connectivity index (χ3n) is 2.36. The Morgan fingerprint density at radius 3 is 2.57 bits per heavy atom. The second-order valence-electron chi connectivity index (χ2n) is 3.70. The van der Waals surface area contributed by atoms with Gasteiger partial charge in [0.05, 0.1) is 0 Å². The molecule has 1 aromatic rings. The van der Waals surface area contributed by atoms with Gasteiger partial charge < -0.3 is 11.5 Å². The Labute approximate surface area is 84.1 Å². The van der Waals surface area contributed by atoms with E-state index in [0.717, 1.165) is 6.42 Å². The SMILES string of the molecule is CC(CN)CC(N)c1ccccc1F. The molecular weight excluding hydrogens is 179 g/mol. The van der Waals surface area contributed by atoms with E-state index in [1.54, 1.807) is 18.2 Å². The van der Waals surface area contributed by atoms with E-state index >= 15 is 0 Å². The predicted octanol–water partition coefficient (Wildman–Crippen LogP) is 1.81. The maximum Gasteiger partial charge on any atom is 0.127 e. The lowest BCUT2D eigenvalue weighted by Gasteiger charge is -2.16. The Kier molecular flexibility index (Phi) is 4.04. The van der Waals surface area contributed by atoms with Crippen LogP contribution in [0.3, 0.4) is 0 Å². The molecule has 1 aromatic carbocycles. The summed E-state index contributed by atoms with van der Waals surface area (Å²) >= 11 is 0. The van der Waals surface area contributed by atoms with E-state index in [4.69, 9.17) is 11.5 Å².